The van der Waals surface area contributed by atoms with Gasteiger partial charge in [-0.3, -0.25) is 0 Å². The van der Waals surface area contributed by atoms with Crippen LogP contribution < -0.4 is 14.8 Å². The Morgan fingerprint density at radius 1 is 0.966 bits per heavy atom. The average molecular weight is 394 g/mol. The minimum Gasteiger partial charge on any atom is -0.454 e. The maximum Gasteiger partial charge on any atom is 0.231 e. The number of rotatable bonds is 5. The van der Waals surface area contributed by atoms with Gasteiger partial charge in [-0.25, -0.2) is 0 Å². The molecule has 1 saturated carbocycles. The molecule has 2 aromatic rings. The van der Waals surface area contributed by atoms with Gasteiger partial charge >= 0.3 is 0 Å². The third-order valence-corrected chi connectivity index (χ3v) is 6.77. The van der Waals surface area contributed by atoms with Crippen molar-refractivity contribution < 1.29 is 14.2 Å². The molecule has 2 saturated heterocycles. The molecule has 1 N–H and O–H groups in total. The Labute approximate surface area is 170 Å². The lowest BCUT2D eigenvalue weighted by Crippen LogP contribution is -2.34. The summed E-state index contributed by atoms with van der Waals surface area (Å²) in [5.41, 5.74) is 1.83. The van der Waals surface area contributed by atoms with E-state index >= 15 is 0 Å². The van der Waals surface area contributed by atoms with Crippen molar-refractivity contribution >= 4 is 5.82 Å². The lowest BCUT2D eigenvalue weighted by atomic mass is 10.00. The van der Waals surface area contributed by atoms with E-state index < -0.39 is 0 Å². The van der Waals surface area contributed by atoms with Gasteiger partial charge in [0.05, 0.1) is 5.69 Å². The predicted octanol–water partition coefficient (Wildman–Crippen LogP) is 2.64. The second-order valence-electron chi connectivity index (χ2n) is 8.64. The van der Waals surface area contributed by atoms with E-state index in [2.05, 4.69) is 20.4 Å². The summed E-state index contributed by atoms with van der Waals surface area (Å²) in [4.78, 5) is 2.65. The Morgan fingerprint density at radius 2 is 1.79 bits per heavy atom. The maximum absolute atomic E-state index is 5.48. The number of likely N-dealkylation sites (tertiary alicyclic amines) is 1. The summed E-state index contributed by atoms with van der Waals surface area (Å²) < 4.78 is 16.3. The smallest absolute Gasteiger partial charge is 0.231 e. The summed E-state index contributed by atoms with van der Waals surface area (Å²) in [5.74, 6) is 4.75. The molecule has 1 aromatic heterocycles. The molecule has 6 rings (SSSR count). The van der Waals surface area contributed by atoms with Gasteiger partial charge in [-0.1, -0.05) is 0 Å². The molecule has 4 heterocycles. The predicted molar refractivity (Wildman–Crippen MR) is 108 cm³/mol. The molecule has 4 aliphatic rings. The van der Waals surface area contributed by atoms with Gasteiger partial charge in [0.25, 0.3) is 0 Å². The number of piperidine rings is 1. The van der Waals surface area contributed by atoms with E-state index in [9.17, 15) is 0 Å². The Morgan fingerprint density at radius 3 is 2.59 bits per heavy atom. The van der Waals surface area contributed by atoms with E-state index in [4.69, 9.17) is 14.2 Å². The molecule has 7 nitrogen and oxygen atoms in total. The molecule has 3 aliphatic heterocycles. The summed E-state index contributed by atoms with van der Waals surface area (Å²) in [5, 5.41) is 12.4. The number of hydrogen-bond acceptors (Lipinski definition) is 7. The first-order chi connectivity index (χ1) is 14.3. The third kappa shape index (κ3) is 3.42. The highest BCUT2D eigenvalue weighted by molar-refractivity contribution is 5.64. The SMILES string of the molecule is c1cc2c(cc1-c1ccc(N[C@@H]3[C@@H]4CN(CC5CCOCC5)C[C@@H]43)nn1)OCO2. The van der Waals surface area contributed by atoms with Crippen LogP contribution in [0.15, 0.2) is 30.3 Å². The van der Waals surface area contributed by atoms with Gasteiger partial charge in [0.1, 0.15) is 5.82 Å². The molecule has 152 valence electrons. The van der Waals surface area contributed by atoms with Crippen molar-refractivity contribution in [2.24, 2.45) is 17.8 Å². The second-order valence-corrected chi connectivity index (χ2v) is 8.64. The van der Waals surface area contributed by atoms with Crippen molar-refractivity contribution in [1.29, 1.82) is 0 Å². The molecule has 0 amide bonds. The van der Waals surface area contributed by atoms with Crippen LogP contribution in [-0.4, -0.2) is 60.8 Å². The van der Waals surface area contributed by atoms with Crippen molar-refractivity contribution in [1.82, 2.24) is 15.1 Å². The summed E-state index contributed by atoms with van der Waals surface area (Å²) >= 11 is 0. The Hall–Kier alpha value is -2.38. The summed E-state index contributed by atoms with van der Waals surface area (Å²) in [6, 6.07) is 10.5. The highest BCUT2D eigenvalue weighted by Gasteiger charge is 2.55. The Bertz CT molecular complexity index is 872. The Kier molecular flexibility index (Phi) is 4.31. The normalized spacial score (nSPS) is 28.3. The van der Waals surface area contributed by atoms with Crippen LogP contribution in [0.4, 0.5) is 5.82 Å². The zero-order chi connectivity index (χ0) is 19.2. The molecule has 1 aliphatic carbocycles. The van der Waals surface area contributed by atoms with Crippen molar-refractivity contribution in [2.75, 3.05) is 45.0 Å². The fraction of sp³-hybridized carbons (Fsp3) is 0.545. The molecule has 29 heavy (non-hydrogen) atoms. The van der Waals surface area contributed by atoms with Gasteiger partial charge in [-0.05, 0) is 60.9 Å². The largest absolute Gasteiger partial charge is 0.454 e. The number of hydrogen-bond donors (Lipinski definition) is 1. The average Bonchev–Trinajstić information content (AvgIpc) is 3.13. The van der Waals surface area contributed by atoms with E-state index in [1.54, 1.807) is 0 Å². The summed E-state index contributed by atoms with van der Waals surface area (Å²) in [6.45, 7) is 5.83. The molecule has 1 aromatic carbocycles. The molecule has 0 bridgehead atoms. The molecular weight excluding hydrogens is 368 g/mol. The van der Waals surface area contributed by atoms with E-state index in [1.807, 2.05) is 30.3 Å². The van der Waals surface area contributed by atoms with Crippen molar-refractivity contribution in [3.8, 4) is 22.8 Å². The van der Waals surface area contributed by atoms with Crippen LogP contribution in [-0.2, 0) is 4.74 Å². The highest BCUT2D eigenvalue weighted by Crippen LogP contribution is 2.47. The molecule has 3 atom stereocenters. The standard InChI is InChI=1S/C22H26N4O3/c1-3-19-20(29-13-28-19)9-15(1)18-2-4-21(25-24-18)23-22-16-11-26(12-17(16)22)10-14-5-7-27-8-6-14/h1-4,9,14,16-17,22H,5-8,10-13H2,(H,23,25)/t16-,17+,22-. The number of aromatic nitrogens is 2. The van der Waals surface area contributed by atoms with Crippen molar-refractivity contribution in [3.63, 3.8) is 0 Å². The molecule has 0 unspecified atom stereocenters. The lowest BCUT2D eigenvalue weighted by Gasteiger charge is -2.28. The first-order valence-electron chi connectivity index (χ1n) is 10.6. The molecular formula is C22H26N4O3. The number of fused-ring (bicyclic) bond motifs is 2. The number of nitrogens with one attached hydrogen (secondary N) is 1. The Balaban J connectivity index is 1.03. The van der Waals surface area contributed by atoms with Crippen LogP contribution in [0.25, 0.3) is 11.3 Å². The number of nitrogens with zero attached hydrogens (tertiary/aromatic N) is 3. The zero-order valence-corrected chi connectivity index (χ0v) is 16.4. The molecule has 7 heteroatoms. The van der Waals surface area contributed by atoms with Gasteiger partial charge in [0.2, 0.25) is 6.79 Å². The monoisotopic (exact) mass is 394 g/mol. The first-order valence-corrected chi connectivity index (χ1v) is 10.6. The number of ether oxygens (including phenoxy) is 3. The highest BCUT2D eigenvalue weighted by atomic mass is 16.7. The fourth-order valence-corrected chi connectivity index (χ4v) is 5.06. The summed E-state index contributed by atoms with van der Waals surface area (Å²) in [7, 11) is 0. The van der Waals surface area contributed by atoms with E-state index in [1.165, 1.54) is 32.5 Å². The quantitative estimate of drug-likeness (QED) is 0.836. The van der Waals surface area contributed by atoms with Crippen LogP contribution in [0.2, 0.25) is 0 Å². The van der Waals surface area contributed by atoms with E-state index in [-0.39, 0.29) is 6.79 Å². The minimum absolute atomic E-state index is 0.281. The molecule has 0 spiro atoms. The van der Waals surface area contributed by atoms with Gasteiger partial charge in [0, 0.05) is 44.5 Å². The number of benzene rings is 1. The number of anilines is 1. The lowest BCUT2D eigenvalue weighted by molar-refractivity contribution is 0.0540. The van der Waals surface area contributed by atoms with Crippen LogP contribution in [0.1, 0.15) is 12.8 Å². The molecule has 3 fully saturated rings. The molecule has 0 radical (unpaired) electrons. The zero-order valence-electron chi connectivity index (χ0n) is 16.4. The first kappa shape index (κ1) is 17.5. The maximum atomic E-state index is 5.48. The van der Waals surface area contributed by atoms with Gasteiger partial charge < -0.3 is 24.4 Å². The summed E-state index contributed by atoms with van der Waals surface area (Å²) in [6.07, 6.45) is 2.44. The minimum atomic E-state index is 0.281. The van der Waals surface area contributed by atoms with Gasteiger partial charge in [-0.15, -0.1) is 10.2 Å². The van der Waals surface area contributed by atoms with E-state index in [0.29, 0.717) is 6.04 Å². The van der Waals surface area contributed by atoms with Gasteiger partial charge in [-0.2, -0.15) is 0 Å². The van der Waals surface area contributed by atoms with Crippen molar-refractivity contribution in [2.45, 2.75) is 18.9 Å². The van der Waals surface area contributed by atoms with E-state index in [0.717, 1.165) is 59.5 Å². The van der Waals surface area contributed by atoms with Crippen LogP contribution in [0, 0.1) is 17.8 Å². The topological polar surface area (TPSA) is 68.7 Å². The van der Waals surface area contributed by atoms with Gasteiger partial charge in [0.15, 0.2) is 11.5 Å². The van der Waals surface area contributed by atoms with Crippen LogP contribution in [0.5, 0.6) is 11.5 Å². The van der Waals surface area contributed by atoms with Crippen molar-refractivity contribution in [3.05, 3.63) is 30.3 Å². The second kappa shape index (κ2) is 7.15. The third-order valence-electron chi connectivity index (χ3n) is 6.77. The fourth-order valence-electron chi connectivity index (χ4n) is 5.06. The van der Waals surface area contributed by atoms with Crippen LogP contribution >= 0.6 is 0 Å². The van der Waals surface area contributed by atoms with Crippen LogP contribution in [0.3, 0.4) is 0 Å².